The van der Waals surface area contributed by atoms with Crippen LogP contribution in [0.15, 0.2) is 30.3 Å². The number of nitrogens with zero attached hydrogens (tertiary/aromatic N) is 2. The number of hydrogen-bond donors (Lipinski definition) is 2. The number of hydrogen-bond acceptors (Lipinski definition) is 3. The molecule has 0 bridgehead atoms. The van der Waals surface area contributed by atoms with Crippen LogP contribution in [-0.2, 0) is 0 Å². The Hall–Kier alpha value is -1.75. The van der Waals surface area contributed by atoms with Gasteiger partial charge >= 0.3 is 6.03 Å². The third kappa shape index (κ3) is 5.40. The van der Waals surface area contributed by atoms with E-state index in [-0.39, 0.29) is 6.03 Å². The highest BCUT2D eigenvalue weighted by Crippen LogP contribution is 2.26. The average Bonchev–Trinajstić information content (AvgIpc) is 3.41. The molecule has 0 spiro atoms. The first-order chi connectivity index (χ1) is 13.8. The van der Waals surface area contributed by atoms with Gasteiger partial charge in [0.05, 0.1) is 0 Å². The summed E-state index contributed by atoms with van der Waals surface area (Å²) in [5.41, 5.74) is 1.29. The molecule has 2 N–H and O–H groups in total. The molecule has 2 aliphatic heterocycles. The molecule has 1 aromatic rings. The van der Waals surface area contributed by atoms with Crippen LogP contribution in [0, 0.1) is 11.8 Å². The van der Waals surface area contributed by atoms with E-state index in [2.05, 4.69) is 50.8 Å². The average molecular weight is 385 g/mol. The summed E-state index contributed by atoms with van der Waals surface area (Å²) in [6, 6.07) is 10.9. The summed E-state index contributed by atoms with van der Waals surface area (Å²) in [7, 11) is 0. The first kappa shape index (κ1) is 19.6. The summed E-state index contributed by atoms with van der Waals surface area (Å²) >= 11 is 0. The minimum Gasteiger partial charge on any atom is -0.371 e. The van der Waals surface area contributed by atoms with E-state index in [1.165, 1.54) is 37.9 Å². The van der Waals surface area contributed by atoms with Crippen LogP contribution in [0.25, 0.3) is 0 Å². The molecule has 5 nitrogen and oxygen atoms in total. The fourth-order valence-corrected chi connectivity index (χ4v) is 5.16. The largest absolute Gasteiger partial charge is 0.371 e. The van der Waals surface area contributed by atoms with Crippen LogP contribution >= 0.6 is 0 Å². The number of piperidine rings is 1. The third-order valence-electron chi connectivity index (χ3n) is 6.87. The summed E-state index contributed by atoms with van der Waals surface area (Å²) in [5.74, 6) is 1.47. The van der Waals surface area contributed by atoms with Crippen molar-refractivity contribution in [1.29, 1.82) is 0 Å². The number of urea groups is 1. The van der Waals surface area contributed by atoms with Crippen LogP contribution in [0.1, 0.15) is 44.9 Å². The van der Waals surface area contributed by atoms with Crippen molar-refractivity contribution in [2.75, 3.05) is 44.2 Å². The van der Waals surface area contributed by atoms with Crippen LogP contribution in [0.4, 0.5) is 10.5 Å². The lowest BCUT2D eigenvalue weighted by Gasteiger charge is -2.33. The van der Waals surface area contributed by atoms with Gasteiger partial charge in [0.1, 0.15) is 0 Å². The Bertz CT molecular complexity index is 608. The van der Waals surface area contributed by atoms with Crippen molar-refractivity contribution < 1.29 is 4.79 Å². The first-order valence-electron chi connectivity index (χ1n) is 11.3. The van der Waals surface area contributed by atoms with Gasteiger partial charge in [-0.15, -0.1) is 0 Å². The van der Waals surface area contributed by atoms with E-state index in [0.717, 1.165) is 57.9 Å². The number of benzene rings is 1. The summed E-state index contributed by atoms with van der Waals surface area (Å²) in [5, 5.41) is 6.33. The van der Waals surface area contributed by atoms with Gasteiger partial charge in [0.15, 0.2) is 0 Å². The van der Waals surface area contributed by atoms with Crippen molar-refractivity contribution in [3.8, 4) is 0 Å². The SMILES string of the molecule is O=C(NCC1CCN(c2ccccc2)C1)NC1CCN(CC2CCCC2)CC1. The van der Waals surface area contributed by atoms with Crippen LogP contribution in [0.5, 0.6) is 0 Å². The van der Waals surface area contributed by atoms with E-state index in [9.17, 15) is 4.79 Å². The zero-order valence-electron chi connectivity index (χ0n) is 17.1. The number of carbonyl (C=O) groups excluding carboxylic acids is 1. The van der Waals surface area contributed by atoms with E-state index in [0.29, 0.717) is 12.0 Å². The number of amides is 2. The highest BCUT2D eigenvalue weighted by atomic mass is 16.2. The minimum atomic E-state index is 0.0207. The number of carbonyl (C=O) groups is 1. The molecule has 3 fully saturated rings. The topological polar surface area (TPSA) is 47.6 Å². The van der Waals surface area contributed by atoms with Crippen molar-refractivity contribution in [3.63, 3.8) is 0 Å². The standard InChI is InChI=1S/C23H36N4O/c28-23(24-16-20-10-15-27(18-20)22-8-2-1-3-9-22)25-21-11-13-26(14-12-21)17-19-6-4-5-7-19/h1-3,8-9,19-21H,4-7,10-18H2,(H2,24,25,28). The second kappa shape index (κ2) is 9.64. The molecule has 1 saturated carbocycles. The van der Waals surface area contributed by atoms with Gasteiger partial charge in [-0.25, -0.2) is 4.79 Å². The highest BCUT2D eigenvalue weighted by Gasteiger charge is 2.25. The molecule has 3 aliphatic rings. The van der Waals surface area contributed by atoms with E-state index < -0.39 is 0 Å². The fourth-order valence-electron chi connectivity index (χ4n) is 5.16. The third-order valence-corrected chi connectivity index (χ3v) is 6.87. The molecule has 2 heterocycles. The monoisotopic (exact) mass is 384 g/mol. The predicted molar refractivity (Wildman–Crippen MR) is 115 cm³/mol. The summed E-state index contributed by atoms with van der Waals surface area (Å²) in [6.45, 7) is 6.43. The molecule has 0 aromatic heterocycles. The molecule has 5 heteroatoms. The number of anilines is 1. The molecule has 1 aromatic carbocycles. The smallest absolute Gasteiger partial charge is 0.315 e. The van der Waals surface area contributed by atoms with Crippen LogP contribution in [0.2, 0.25) is 0 Å². The molecule has 2 saturated heterocycles. The molecule has 28 heavy (non-hydrogen) atoms. The minimum absolute atomic E-state index is 0.0207. The van der Waals surface area contributed by atoms with Crippen LogP contribution in [-0.4, -0.2) is 56.2 Å². The maximum Gasteiger partial charge on any atom is 0.315 e. The van der Waals surface area contributed by atoms with Gasteiger partial charge in [0, 0.05) is 51.0 Å². The maximum absolute atomic E-state index is 12.3. The Labute approximate surface area is 169 Å². The molecule has 4 rings (SSSR count). The van der Waals surface area contributed by atoms with Crippen molar-refractivity contribution in [1.82, 2.24) is 15.5 Å². The van der Waals surface area contributed by atoms with Gasteiger partial charge in [0.25, 0.3) is 0 Å². The Morgan fingerprint density at radius 3 is 2.43 bits per heavy atom. The van der Waals surface area contributed by atoms with E-state index in [1.54, 1.807) is 0 Å². The van der Waals surface area contributed by atoms with Gasteiger partial charge in [-0.2, -0.15) is 0 Å². The van der Waals surface area contributed by atoms with Crippen LogP contribution < -0.4 is 15.5 Å². The Balaban J connectivity index is 1.11. The summed E-state index contributed by atoms with van der Waals surface area (Å²) < 4.78 is 0. The number of nitrogens with one attached hydrogen (secondary N) is 2. The van der Waals surface area contributed by atoms with Crippen molar-refractivity contribution in [3.05, 3.63) is 30.3 Å². The quantitative estimate of drug-likeness (QED) is 0.790. The van der Waals surface area contributed by atoms with Crippen molar-refractivity contribution in [2.24, 2.45) is 11.8 Å². The second-order valence-corrected chi connectivity index (χ2v) is 9.02. The van der Waals surface area contributed by atoms with Crippen LogP contribution in [0.3, 0.4) is 0 Å². The first-order valence-corrected chi connectivity index (χ1v) is 11.3. The van der Waals surface area contributed by atoms with Crippen molar-refractivity contribution in [2.45, 2.75) is 51.0 Å². The van der Waals surface area contributed by atoms with Crippen molar-refractivity contribution >= 4 is 11.7 Å². The fraction of sp³-hybridized carbons (Fsp3) is 0.696. The summed E-state index contributed by atoms with van der Waals surface area (Å²) in [6.07, 6.45) is 9.01. The van der Waals surface area contributed by atoms with E-state index in [1.807, 2.05) is 0 Å². The molecular formula is C23H36N4O. The molecule has 1 aliphatic carbocycles. The second-order valence-electron chi connectivity index (χ2n) is 9.02. The van der Waals surface area contributed by atoms with Gasteiger partial charge in [-0.1, -0.05) is 31.0 Å². The van der Waals surface area contributed by atoms with E-state index >= 15 is 0 Å². The number of likely N-dealkylation sites (tertiary alicyclic amines) is 1. The molecule has 0 radical (unpaired) electrons. The molecular weight excluding hydrogens is 348 g/mol. The summed E-state index contributed by atoms with van der Waals surface area (Å²) in [4.78, 5) is 17.4. The molecule has 1 atom stereocenters. The van der Waals surface area contributed by atoms with Gasteiger partial charge < -0.3 is 20.4 Å². The number of rotatable bonds is 6. The van der Waals surface area contributed by atoms with Gasteiger partial charge in [-0.3, -0.25) is 0 Å². The molecule has 154 valence electrons. The lowest BCUT2D eigenvalue weighted by atomic mass is 10.0. The highest BCUT2D eigenvalue weighted by molar-refractivity contribution is 5.74. The van der Waals surface area contributed by atoms with Gasteiger partial charge in [-0.05, 0) is 56.1 Å². The lowest BCUT2D eigenvalue weighted by Crippen LogP contribution is -2.49. The maximum atomic E-state index is 12.3. The molecule has 2 amide bonds. The zero-order chi connectivity index (χ0) is 19.2. The lowest BCUT2D eigenvalue weighted by molar-refractivity contribution is 0.171. The Morgan fingerprint density at radius 2 is 1.68 bits per heavy atom. The Morgan fingerprint density at radius 1 is 0.929 bits per heavy atom. The van der Waals surface area contributed by atoms with E-state index in [4.69, 9.17) is 0 Å². The predicted octanol–water partition coefficient (Wildman–Crippen LogP) is 3.47. The number of para-hydroxylation sites is 1. The Kier molecular flexibility index (Phi) is 6.73. The molecule has 1 unspecified atom stereocenters. The van der Waals surface area contributed by atoms with Gasteiger partial charge in [0.2, 0.25) is 0 Å². The normalized spacial score (nSPS) is 24.6. The zero-order valence-corrected chi connectivity index (χ0v) is 17.1.